The minimum atomic E-state index is 0.333. The number of allylic oxidation sites excluding steroid dienone is 1. The Hall–Kier alpha value is -1.08. The molecule has 0 aliphatic rings. The van der Waals surface area contributed by atoms with E-state index in [0.717, 1.165) is 0 Å². The van der Waals surface area contributed by atoms with E-state index >= 15 is 0 Å². The van der Waals surface area contributed by atoms with Crippen LogP contribution in [0.15, 0.2) is 36.9 Å². The predicted octanol–water partition coefficient (Wildman–Crippen LogP) is 4.88. The lowest BCUT2D eigenvalue weighted by molar-refractivity contribution is 0.834. The van der Waals surface area contributed by atoms with Crippen LogP contribution < -0.4 is 5.73 Å². The van der Waals surface area contributed by atoms with Gasteiger partial charge < -0.3 is 5.73 Å². The van der Waals surface area contributed by atoms with Crippen LogP contribution in [-0.4, -0.2) is 6.04 Å². The van der Waals surface area contributed by atoms with Gasteiger partial charge in [-0.15, -0.1) is 6.58 Å². The number of rotatable bonds is 0. The van der Waals surface area contributed by atoms with Crippen molar-refractivity contribution >= 4 is 0 Å². The van der Waals surface area contributed by atoms with E-state index in [9.17, 15) is 0 Å². The van der Waals surface area contributed by atoms with Gasteiger partial charge in [-0.25, -0.2) is 0 Å². The molecular formula is C16H31N. The fourth-order valence-electron chi connectivity index (χ4n) is 0.807. The standard InChI is InChI=1S/C8H10.C3H9N.C3H6.C2H6/c1-7-4-3-5-8(2)6-7;1-3(2)4;1-3-2;1-2/h3-6H,1-2H3;3H,4H2,1-2H3;3H,1H2,2H3;1-2H3. The molecule has 0 saturated heterocycles. The zero-order valence-corrected chi connectivity index (χ0v) is 12.7. The Balaban J connectivity index is -0.000000186. The molecule has 0 aliphatic heterocycles. The zero-order chi connectivity index (χ0) is 14.3. The molecule has 0 radical (unpaired) electrons. The smallest absolute Gasteiger partial charge is 0.00179 e. The predicted molar refractivity (Wildman–Crippen MR) is 82.5 cm³/mol. The molecular weight excluding hydrogens is 206 g/mol. The maximum Gasteiger partial charge on any atom is -0.00179 e. The third-order valence-electron chi connectivity index (χ3n) is 1.17. The molecule has 1 heteroatoms. The van der Waals surface area contributed by atoms with E-state index in [-0.39, 0.29) is 0 Å². The van der Waals surface area contributed by atoms with Crippen molar-refractivity contribution in [2.24, 2.45) is 5.73 Å². The maximum absolute atomic E-state index is 5.11. The lowest BCUT2D eigenvalue weighted by Crippen LogP contribution is -2.06. The second kappa shape index (κ2) is 17.3. The van der Waals surface area contributed by atoms with Crippen LogP contribution in [0.4, 0.5) is 0 Å². The molecule has 0 fully saturated rings. The van der Waals surface area contributed by atoms with Crippen LogP contribution in [0.1, 0.15) is 45.7 Å². The average Bonchev–Trinajstić information content (AvgIpc) is 2.20. The molecule has 1 aromatic rings. The summed E-state index contributed by atoms with van der Waals surface area (Å²) in [6, 6.07) is 8.78. The summed E-state index contributed by atoms with van der Waals surface area (Å²) < 4.78 is 0. The quantitative estimate of drug-likeness (QED) is 0.640. The molecule has 0 amide bonds. The lowest BCUT2D eigenvalue weighted by atomic mass is 10.2. The molecule has 17 heavy (non-hydrogen) atoms. The maximum atomic E-state index is 5.11. The molecule has 0 atom stereocenters. The first-order valence-corrected chi connectivity index (χ1v) is 6.29. The molecule has 0 bridgehead atoms. The van der Waals surface area contributed by atoms with Gasteiger partial charge in [-0.3, -0.25) is 0 Å². The van der Waals surface area contributed by atoms with Crippen molar-refractivity contribution in [3.63, 3.8) is 0 Å². The molecule has 2 N–H and O–H groups in total. The van der Waals surface area contributed by atoms with Gasteiger partial charge in [-0.05, 0) is 26.8 Å². The molecule has 0 unspecified atom stereocenters. The van der Waals surface area contributed by atoms with Gasteiger partial charge in [0.15, 0.2) is 0 Å². The van der Waals surface area contributed by atoms with Crippen LogP contribution in [0.5, 0.6) is 0 Å². The molecule has 0 spiro atoms. The molecule has 0 aliphatic carbocycles. The van der Waals surface area contributed by atoms with Gasteiger partial charge in [-0.2, -0.15) is 0 Å². The van der Waals surface area contributed by atoms with Crippen molar-refractivity contribution in [2.45, 2.75) is 54.5 Å². The molecule has 1 rings (SSSR count). The van der Waals surface area contributed by atoms with Gasteiger partial charge in [0.05, 0.1) is 0 Å². The first-order valence-electron chi connectivity index (χ1n) is 6.29. The molecule has 0 aromatic heterocycles. The van der Waals surface area contributed by atoms with E-state index in [1.165, 1.54) is 11.1 Å². The molecule has 0 saturated carbocycles. The van der Waals surface area contributed by atoms with Crippen molar-refractivity contribution in [3.8, 4) is 0 Å². The SMILES string of the molecule is C=CC.CC.CC(C)N.Cc1cccc(C)c1. The molecule has 1 nitrogen and oxygen atoms in total. The van der Waals surface area contributed by atoms with Crippen LogP contribution in [0.3, 0.4) is 0 Å². The highest BCUT2D eigenvalue weighted by molar-refractivity contribution is 5.20. The second-order valence-electron chi connectivity index (χ2n) is 3.81. The Kier molecular flexibility index (Phi) is 21.6. The summed E-state index contributed by atoms with van der Waals surface area (Å²) in [7, 11) is 0. The number of nitrogens with two attached hydrogens (primary N) is 1. The Morgan fingerprint density at radius 3 is 1.47 bits per heavy atom. The van der Waals surface area contributed by atoms with E-state index in [2.05, 4.69) is 44.7 Å². The summed E-state index contributed by atoms with van der Waals surface area (Å²) in [5.41, 5.74) is 7.79. The van der Waals surface area contributed by atoms with Gasteiger partial charge >= 0.3 is 0 Å². The van der Waals surface area contributed by atoms with Crippen molar-refractivity contribution in [1.29, 1.82) is 0 Å². The van der Waals surface area contributed by atoms with Crippen LogP contribution in [0, 0.1) is 13.8 Å². The summed E-state index contributed by atoms with van der Waals surface area (Å²) >= 11 is 0. The van der Waals surface area contributed by atoms with E-state index in [0.29, 0.717) is 6.04 Å². The Labute approximate surface area is 109 Å². The van der Waals surface area contributed by atoms with E-state index in [1.807, 2.05) is 34.6 Å². The number of hydrogen-bond acceptors (Lipinski definition) is 1. The van der Waals surface area contributed by atoms with Crippen molar-refractivity contribution < 1.29 is 0 Å². The first kappa shape index (κ1) is 21.2. The largest absolute Gasteiger partial charge is 0.328 e. The Bertz CT molecular complexity index is 231. The summed E-state index contributed by atoms with van der Waals surface area (Å²) in [5, 5.41) is 0. The third kappa shape index (κ3) is 31.3. The highest BCUT2D eigenvalue weighted by Crippen LogP contribution is 2.00. The van der Waals surface area contributed by atoms with Crippen LogP contribution in [0.2, 0.25) is 0 Å². The summed E-state index contributed by atoms with van der Waals surface area (Å²) in [6.07, 6.45) is 1.75. The van der Waals surface area contributed by atoms with E-state index in [1.54, 1.807) is 6.08 Å². The topological polar surface area (TPSA) is 26.0 Å². The normalized spacial score (nSPS) is 7.59. The number of hydrogen-bond donors (Lipinski definition) is 1. The van der Waals surface area contributed by atoms with Crippen molar-refractivity contribution in [2.75, 3.05) is 0 Å². The monoisotopic (exact) mass is 237 g/mol. The van der Waals surface area contributed by atoms with Crippen LogP contribution >= 0.6 is 0 Å². The highest BCUT2D eigenvalue weighted by Gasteiger charge is 1.80. The average molecular weight is 237 g/mol. The van der Waals surface area contributed by atoms with E-state index < -0.39 is 0 Å². The fourth-order valence-corrected chi connectivity index (χ4v) is 0.807. The van der Waals surface area contributed by atoms with Gasteiger partial charge in [0, 0.05) is 0 Å². The molecule has 100 valence electrons. The molecule has 0 heterocycles. The van der Waals surface area contributed by atoms with Crippen molar-refractivity contribution in [1.82, 2.24) is 0 Å². The minimum absolute atomic E-state index is 0.333. The second-order valence-corrected chi connectivity index (χ2v) is 3.81. The van der Waals surface area contributed by atoms with Crippen LogP contribution in [0.25, 0.3) is 0 Å². The van der Waals surface area contributed by atoms with Gasteiger partial charge in [0.1, 0.15) is 0 Å². The summed E-state index contributed by atoms with van der Waals surface area (Å²) in [5.74, 6) is 0. The minimum Gasteiger partial charge on any atom is -0.328 e. The van der Waals surface area contributed by atoms with Crippen LogP contribution in [-0.2, 0) is 0 Å². The number of benzene rings is 1. The zero-order valence-electron chi connectivity index (χ0n) is 12.7. The van der Waals surface area contributed by atoms with E-state index in [4.69, 9.17) is 5.73 Å². The fraction of sp³-hybridized carbons (Fsp3) is 0.500. The Morgan fingerprint density at radius 1 is 1.12 bits per heavy atom. The lowest BCUT2D eigenvalue weighted by Gasteiger charge is -1.90. The number of aryl methyl sites for hydroxylation is 2. The molecule has 1 aromatic carbocycles. The third-order valence-corrected chi connectivity index (χ3v) is 1.17. The van der Waals surface area contributed by atoms with Crippen molar-refractivity contribution in [3.05, 3.63) is 48.0 Å². The summed E-state index contributed by atoms with van der Waals surface area (Å²) in [4.78, 5) is 0. The van der Waals surface area contributed by atoms with Gasteiger partial charge in [0.25, 0.3) is 0 Å². The van der Waals surface area contributed by atoms with Gasteiger partial charge in [-0.1, -0.05) is 69.2 Å². The van der Waals surface area contributed by atoms with Gasteiger partial charge in [0.2, 0.25) is 0 Å². The first-order chi connectivity index (χ1) is 7.93. The highest BCUT2D eigenvalue weighted by atomic mass is 14.6. The summed E-state index contributed by atoms with van der Waals surface area (Å²) in [6.45, 7) is 17.3. The Morgan fingerprint density at radius 2 is 1.35 bits per heavy atom.